The fourth-order valence-electron chi connectivity index (χ4n) is 2.47. The number of fused-ring (bicyclic) bond motifs is 1. The molecule has 7 heteroatoms. The van der Waals surface area contributed by atoms with Crippen LogP contribution in [0.3, 0.4) is 0 Å². The van der Waals surface area contributed by atoms with E-state index in [2.05, 4.69) is 15.1 Å². The third-order valence-corrected chi connectivity index (χ3v) is 3.69. The summed E-state index contributed by atoms with van der Waals surface area (Å²) >= 11 is 0. The van der Waals surface area contributed by atoms with Gasteiger partial charge in [0.15, 0.2) is 0 Å². The summed E-state index contributed by atoms with van der Waals surface area (Å²) in [6.45, 7) is 0.960. The number of phenolic OH excluding ortho intramolecular Hbond substituents is 1. The predicted molar refractivity (Wildman–Crippen MR) is 83.1 cm³/mol. The molecule has 3 aromatic rings. The van der Waals surface area contributed by atoms with Gasteiger partial charge >= 0.3 is 0 Å². The Morgan fingerprint density at radius 2 is 2.14 bits per heavy atom. The molecule has 0 saturated carbocycles. The Morgan fingerprint density at radius 1 is 1.32 bits per heavy atom. The Balaban J connectivity index is 1.92. The normalized spacial score (nSPS) is 12.1. The van der Waals surface area contributed by atoms with E-state index in [1.54, 1.807) is 31.2 Å². The van der Waals surface area contributed by atoms with Crippen LogP contribution in [-0.2, 0) is 13.0 Å². The van der Waals surface area contributed by atoms with E-state index in [0.717, 1.165) is 22.0 Å². The first kappa shape index (κ1) is 14.6. The van der Waals surface area contributed by atoms with Crippen molar-refractivity contribution >= 4 is 10.9 Å². The number of aromatic amines is 1. The Bertz CT molecular complexity index is 771. The average molecular weight is 301 g/mol. The van der Waals surface area contributed by atoms with Crippen LogP contribution >= 0.6 is 0 Å². The maximum Gasteiger partial charge on any atom is 0.137 e. The van der Waals surface area contributed by atoms with Crippen LogP contribution in [0, 0.1) is 5.21 Å². The number of benzene rings is 1. The van der Waals surface area contributed by atoms with Crippen LogP contribution in [0.25, 0.3) is 10.9 Å². The molecule has 0 unspecified atom stereocenters. The van der Waals surface area contributed by atoms with E-state index in [0.29, 0.717) is 19.5 Å². The molecule has 0 aliphatic heterocycles. The molecule has 2 aromatic heterocycles. The highest BCUT2D eigenvalue weighted by Crippen LogP contribution is 2.28. The second kappa shape index (κ2) is 5.43. The van der Waals surface area contributed by atoms with E-state index in [-0.39, 0.29) is 10.4 Å². The summed E-state index contributed by atoms with van der Waals surface area (Å²) in [6.07, 6.45) is 5.66. The number of quaternary nitrogens is 1. The van der Waals surface area contributed by atoms with Crippen LogP contribution in [0.1, 0.15) is 11.1 Å². The number of aromatic hydroxyl groups is 1. The monoisotopic (exact) mass is 301 g/mol. The van der Waals surface area contributed by atoms with Crippen molar-refractivity contribution in [2.24, 2.45) is 0 Å². The molecule has 0 amide bonds. The zero-order chi connectivity index (χ0) is 15.7. The Labute approximate surface area is 128 Å². The van der Waals surface area contributed by atoms with Gasteiger partial charge in [-0.15, -0.1) is 0 Å². The summed E-state index contributed by atoms with van der Waals surface area (Å²) in [5.41, 5.74) is 2.72. The zero-order valence-electron chi connectivity index (χ0n) is 12.7. The Kier molecular flexibility index (Phi) is 3.59. The van der Waals surface area contributed by atoms with E-state index in [9.17, 15) is 10.3 Å². The number of hydrogen-bond donors (Lipinski definition) is 2. The van der Waals surface area contributed by atoms with Gasteiger partial charge in [0.25, 0.3) is 0 Å². The lowest BCUT2D eigenvalue weighted by molar-refractivity contribution is -0.839. The lowest BCUT2D eigenvalue weighted by Crippen LogP contribution is -2.34. The minimum absolute atomic E-state index is 0.219. The number of hydrogen-bond acceptors (Lipinski definition) is 4. The third kappa shape index (κ3) is 3.10. The van der Waals surface area contributed by atoms with Crippen molar-refractivity contribution in [3.8, 4) is 5.75 Å². The maximum atomic E-state index is 11.7. The molecule has 0 aliphatic carbocycles. The molecule has 0 bridgehead atoms. The van der Waals surface area contributed by atoms with E-state index in [1.807, 2.05) is 12.3 Å². The first-order valence-corrected chi connectivity index (χ1v) is 7.11. The van der Waals surface area contributed by atoms with Gasteiger partial charge in [-0.05, 0) is 11.6 Å². The van der Waals surface area contributed by atoms with Gasteiger partial charge in [0.2, 0.25) is 0 Å². The van der Waals surface area contributed by atoms with Crippen LogP contribution in [0.15, 0.2) is 31.0 Å². The van der Waals surface area contributed by atoms with E-state index in [4.69, 9.17) is 0 Å². The molecular formula is C15H19N5O2. The fraction of sp³-hybridized carbons (Fsp3) is 0.333. The minimum atomic E-state index is -0.323. The molecule has 0 fully saturated rings. The van der Waals surface area contributed by atoms with Crippen molar-refractivity contribution in [3.63, 3.8) is 0 Å². The third-order valence-electron chi connectivity index (χ3n) is 3.69. The van der Waals surface area contributed by atoms with Crippen LogP contribution in [-0.4, -0.2) is 50.1 Å². The molecule has 0 atom stereocenters. The number of H-pyrrole nitrogens is 1. The minimum Gasteiger partial charge on any atom is -0.633 e. The molecule has 0 spiro atoms. The van der Waals surface area contributed by atoms with Crippen molar-refractivity contribution in [1.29, 1.82) is 0 Å². The maximum absolute atomic E-state index is 11.7. The number of rotatable bonds is 5. The van der Waals surface area contributed by atoms with Crippen molar-refractivity contribution < 1.29 is 9.75 Å². The second-order valence-electron chi connectivity index (χ2n) is 5.98. The van der Waals surface area contributed by atoms with E-state index < -0.39 is 0 Å². The molecule has 2 N–H and O–H groups in total. The van der Waals surface area contributed by atoms with Gasteiger partial charge in [-0.1, -0.05) is 0 Å². The van der Waals surface area contributed by atoms with Crippen molar-refractivity contribution in [3.05, 3.63) is 47.3 Å². The number of hydroxylamine groups is 3. The van der Waals surface area contributed by atoms with Crippen LogP contribution < -0.4 is 0 Å². The highest BCUT2D eigenvalue weighted by Gasteiger charge is 2.12. The molecule has 0 aliphatic rings. The van der Waals surface area contributed by atoms with Crippen molar-refractivity contribution in [2.75, 3.05) is 20.6 Å². The molecular weight excluding hydrogens is 282 g/mol. The quantitative estimate of drug-likeness (QED) is 0.553. The number of nitrogens with zero attached hydrogens (tertiary/aromatic N) is 4. The summed E-state index contributed by atoms with van der Waals surface area (Å²) in [5, 5.41) is 27.0. The van der Waals surface area contributed by atoms with Gasteiger partial charge in [0.1, 0.15) is 18.4 Å². The smallest absolute Gasteiger partial charge is 0.137 e. The van der Waals surface area contributed by atoms with Gasteiger partial charge in [-0.3, -0.25) is 0 Å². The number of aromatic nitrogens is 4. The van der Waals surface area contributed by atoms with Gasteiger partial charge < -0.3 is 19.9 Å². The summed E-state index contributed by atoms with van der Waals surface area (Å²) in [7, 11) is 3.27. The molecule has 1 aromatic carbocycles. The molecule has 0 saturated heterocycles. The first-order valence-electron chi connectivity index (χ1n) is 7.11. The summed E-state index contributed by atoms with van der Waals surface area (Å²) in [6, 6.07) is 3.66. The zero-order valence-corrected chi connectivity index (χ0v) is 12.7. The Morgan fingerprint density at radius 3 is 2.82 bits per heavy atom. The topological polar surface area (TPSA) is 89.8 Å². The number of likely N-dealkylation sites (N-methyl/N-ethyl adjacent to an activating group) is 1. The van der Waals surface area contributed by atoms with Crippen LogP contribution in [0.5, 0.6) is 5.75 Å². The van der Waals surface area contributed by atoms with Gasteiger partial charge in [0, 0.05) is 35.2 Å². The van der Waals surface area contributed by atoms with E-state index in [1.165, 1.54) is 6.33 Å². The first-order chi connectivity index (χ1) is 10.4. The van der Waals surface area contributed by atoms with Crippen molar-refractivity contribution in [2.45, 2.75) is 13.0 Å². The van der Waals surface area contributed by atoms with E-state index >= 15 is 0 Å². The predicted octanol–water partition coefficient (Wildman–Crippen LogP) is 1.63. The molecule has 0 radical (unpaired) electrons. The molecule has 2 heterocycles. The van der Waals surface area contributed by atoms with Gasteiger partial charge in [0.05, 0.1) is 27.2 Å². The SMILES string of the molecule is C[N+](C)([O-])CCc1c[nH]c2cc(O)c(Cn3cncn3)cc12. The van der Waals surface area contributed by atoms with Gasteiger partial charge in [-0.2, -0.15) is 5.10 Å². The lowest BCUT2D eigenvalue weighted by Gasteiger charge is -2.33. The number of phenols is 1. The summed E-state index contributed by atoms with van der Waals surface area (Å²) < 4.78 is 1.33. The van der Waals surface area contributed by atoms with Crippen LogP contribution in [0.4, 0.5) is 0 Å². The molecule has 7 nitrogen and oxygen atoms in total. The standard InChI is InChI=1S/C15H19N5O2/c1-20(2,22)4-3-11-7-17-14-6-15(21)12(5-13(11)14)8-19-10-16-9-18-19/h5-7,9-10,17,21H,3-4,8H2,1-2H3. The molecule has 22 heavy (non-hydrogen) atoms. The largest absolute Gasteiger partial charge is 0.633 e. The van der Waals surface area contributed by atoms with Crippen molar-refractivity contribution in [1.82, 2.24) is 19.7 Å². The second-order valence-corrected chi connectivity index (χ2v) is 5.98. The highest BCUT2D eigenvalue weighted by molar-refractivity contribution is 5.85. The average Bonchev–Trinajstić information content (AvgIpc) is 3.06. The summed E-state index contributed by atoms with van der Waals surface area (Å²) in [5.74, 6) is 0.219. The molecule has 116 valence electrons. The Hall–Kier alpha value is -2.38. The number of nitrogens with one attached hydrogen (secondary N) is 1. The summed E-state index contributed by atoms with van der Waals surface area (Å²) in [4.78, 5) is 7.05. The lowest BCUT2D eigenvalue weighted by atomic mass is 10.1. The van der Waals surface area contributed by atoms with Crippen LogP contribution in [0.2, 0.25) is 0 Å². The van der Waals surface area contributed by atoms with Gasteiger partial charge in [-0.25, -0.2) is 9.67 Å². The molecule has 3 rings (SSSR count). The highest BCUT2D eigenvalue weighted by atomic mass is 16.5. The fourth-order valence-corrected chi connectivity index (χ4v) is 2.47.